The fourth-order valence-electron chi connectivity index (χ4n) is 3.52. The van der Waals surface area contributed by atoms with Gasteiger partial charge in [0.1, 0.15) is 11.5 Å². The van der Waals surface area contributed by atoms with Gasteiger partial charge in [0.05, 0.1) is 17.2 Å². The number of nitrogens with zero attached hydrogens (tertiary/aromatic N) is 4. The van der Waals surface area contributed by atoms with Crippen molar-refractivity contribution in [2.45, 2.75) is 33.7 Å². The lowest BCUT2D eigenvalue weighted by Gasteiger charge is -2.15. The highest BCUT2D eigenvalue weighted by Crippen LogP contribution is 2.23. The fraction of sp³-hybridized carbons (Fsp3) is 0.227. The Hall–Kier alpha value is -3.41. The molecule has 0 aliphatic rings. The number of rotatable bonds is 4. The summed E-state index contributed by atoms with van der Waals surface area (Å²) in [6.45, 7) is 8.37. The van der Waals surface area contributed by atoms with Crippen LogP contribution in [0.25, 0.3) is 29.0 Å². The number of aryl methyl sites for hydroxylation is 1. The number of nitrogens with one attached hydrogen (secondary N) is 1. The van der Waals surface area contributed by atoms with E-state index < -0.39 is 0 Å². The van der Waals surface area contributed by atoms with Crippen LogP contribution in [-0.4, -0.2) is 24.3 Å². The molecule has 0 bridgehead atoms. The topological polar surface area (TPSA) is 68.5 Å². The standard InChI is InChI=1S/C22H23N5O/c1-14(2)27-21(11-12-23-27)26-15(3)13-17(16(26)4)9-10-20-22(28)25-19-8-6-5-7-18(19)24-20/h5-14H,1-4H3,(H,25,28)/b10-9+. The largest absolute Gasteiger partial charge is 0.319 e. The van der Waals surface area contributed by atoms with Crippen LogP contribution in [0, 0.1) is 13.8 Å². The molecule has 1 N–H and O–H groups in total. The Bertz CT molecular complexity index is 1240. The third-order valence-electron chi connectivity index (χ3n) is 4.88. The molecule has 3 aromatic heterocycles. The van der Waals surface area contributed by atoms with Crippen LogP contribution < -0.4 is 5.56 Å². The maximum absolute atomic E-state index is 12.3. The number of para-hydroxylation sites is 2. The minimum absolute atomic E-state index is 0.193. The van der Waals surface area contributed by atoms with E-state index in [2.05, 4.69) is 53.4 Å². The van der Waals surface area contributed by atoms with E-state index in [1.165, 1.54) is 0 Å². The monoisotopic (exact) mass is 373 g/mol. The molecule has 28 heavy (non-hydrogen) atoms. The summed E-state index contributed by atoms with van der Waals surface area (Å²) in [5.41, 5.74) is 4.96. The average molecular weight is 373 g/mol. The quantitative estimate of drug-likeness (QED) is 0.580. The second-order valence-electron chi connectivity index (χ2n) is 7.19. The lowest BCUT2D eigenvalue weighted by molar-refractivity contribution is 0.519. The van der Waals surface area contributed by atoms with E-state index in [9.17, 15) is 4.79 Å². The van der Waals surface area contributed by atoms with Crippen molar-refractivity contribution in [3.05, 3.63) is 75.6 Å². The second-order valence-corrected chi connectivity index (χ2v) is 7.19. The Labute approximate surface area is 163 Å². The predicted molar refractivity (Wildman–Crippen MR) is 113 cm³/mol. The van der Waals surface area contributed by atoms with Crippen molar-refractivity contribution in [2.24, 2.45) is 0 Å². The highest BCUT2D eigenvalue weighted by molar-refractivity contribution is 5.77. The van der Waals surface area contributed by atoms with E-state index in [1.807, 2.05) is 47.3 Å². The van der Waals surface area contributed by atoms with Gasteiger partial charge >= 0.3 is 0 Å². The van der Waals surface area contributed by atoms with Gasteiger partial charge in [-0.1, -0.05) is 18.2 Å². The van der Waals surface area contributed by atoms with E-state index in [0.29, 0.717) is 5.69 Å². The van der Waals surface area contributed by atoms with E-state index in [-0.39, 0.29) is 11.6 Å². The van der Waals surface area contributed by atoms with Gasteiger partial charge in [-0.3, -0.25) is 4.79 Å². The maximum atomic E-state index is 12.3. The molecule has 0 fully saturated rings. The molecule has 0 unspecified atom stereocenters. The zero-order valence-electron chi connectivity index (χ0n) is 16.5. The molecular formula is C22H23N5O. The number of H-pyrrole nitrogens is 1. The number of fused-ring (bicyclic) bond motifs is 1. The fourth-order valence-corrected chi connectivity index (χ4v) is 3.52. The van der Waals surface area contributed by atoms with Crippen LogP contribution in [0.2, 0.25) is 0 Å². The molecule has 0 saturated heterocycles. The van der Waals surface area contributed by atoms with Gasteiger partial charge in [0.15, 0.2) is 0 Å². The third kappa shape index (κ3) is 3.07. The van der Waals surface area contributed by atoms with E-state index >= 15 is 0 Å². The third-order valence-corrected chi connectivity index (χ3v) is 4.88. The van der Waals surface area contributed by atoms with Gasteiger partial charge in [-0.15, -0.1) is 0 Å². The Kier molecular flexibility index (Phi) is 4.47. The summed E-state index contributed by atoms with van der Waals surface area (Å²) in [7, 11) is 0. The first-order valence-electron chi connectivity index (χ1n) is 9.35. The van der Waals surface area contributed by atoms with Crippen molar-refractivity contribution < 1.29 is 0 Å². The van der Waals surface area contributed by atoms with Gasteiger partial charge in [0, 0.05) is 23.5 Å². The zero-order valence-corrected chi connectivity index (χ0v) is 16.5. The molecule has 0 spiro atoms. The predicted octanol–water partition coefficient (Wildman–Crippen LogP) is 4.28. The summed E-state index contributed by atoms with van der Waals surface area (Å²) < 4.78 is 4.19. The van der Waals surface area contributed by atoms with Gasteiger partial charge < -0.3 is 9.55 Å². The van der Waals surface area contributed by atoms with Crippen LogP contribution in [0.5, 0.6) is 0 Å². The van der Waals surface area contributed by atoms with Crippen molar-refractivity contribution in [3.63, 3.8) is 0 Å². The average Bonchev–Trinajstić information content (AvgIpc) is 3.24. The van der Waals surface area contributed by atoms with Crippen LogP contribution >= 0.6 is 0 Å². The molecule has 4 aromatic rings. The zero-order chi connectivity index (χ0) is 19.8. The molecule has 3 heterocycles. The molecule has 0 atom stereocenters. The first kappa shape index (κ1) is 18.0. The Morgan fingerprint density at radius 3 is 2.68 bits per heavy atom. The van der Waals surface area contributed by atoms with Crippen LogP contribution in [-0.2, 0) is 0 Å². The minimum Gasteiger partial charge on any atom is -0.319 e. The molecule has 142 valence electrons. The number of hydrogen-bond acceptors (Lipinski definition) is 3. The Morgan fingerprint density at radius 2 is 1.89 bits per heavy atom. The Balaban J connectivity index is 1.75. The first-order chi connectivity index (χ1) is 13.5. The van der Waals surface area contributed by atoms with E-state index in [4.69, 9.17) is 0 Å². The summed E-state index contributed by atoms with van der Waals surface area (Å²) in [4.78, 5) is 19.7. The molecule has 0 saturated carbocycles. The molecule has 1 aromatic carbocycles. The Morgan fingerprint density at radius 1 is 1.11 bits per heavy atom. The summed E-state index contributed by atoms with van der Waals surface area (Å²) >= 11 is 0. The first-order valence-corrected chi connectivity index (χ1v) is 9.35. The van der Waals surface area contributed by atoms with Gasteiger partial charge in [0.2, 0.25) is 0 Å². The van der Waals surface area contributed by atoms with Crippen LogP contribution in [0.1, 0.15) is 42.5 Å². The number of aromatic nitrogens is 5. The second kappa shape index (κ2) is 6.96. The summed E-state index contributed by atoms with van der Waals surface area (Å²) in [6.07, 6.45) is 5.54. The van der Waals surface area contributed by atoms with Crippen molar-refractivity contribution >= 4 is 23.2 Å². The normalized spacial score (nSPS) is 11.9. The maximum Gasteiger partial charge on any atom is 0.274 e. The molecular weight excluding hydrogens is 350 g/mol. The lowest BCUT2D eigenvalue weighted by Crippen LogP contribution is -2.11. The number of hydrogen-bond donors (Lipinski definition) is 1. The lowest BCUT2D eigenvalue weighted by atomic mass is 10.2. The number of aromatic amines is 1. The van der Waals surface area contributed by atoms with Crippen molar-refractivity contribution in [3.8, 4) is 5.82 Å². The van der Waals surface area contributed by atoms with Gasteiger partial charge in [-0.2, -0.15) is 5.10 Å². The van der Waals surface area contributed by atoms with Crippen LogP contribution in [0.4, 0.5) is 0 Å². The summed E-state index contributed by atoms with van der Waals surface area (Å²) in [5.74, 6) is 1.03. The molecule has 6 heteroatoms. The smallest absolute Gasteiger partial charge is 0.274 e. The molecule has 0 amide bonds. The molecule has 4 rings (SSSR count). The summed E-state index contributed by atoms with van der Waals surface area (Å²) in [6, 6.07) is 11.9. The number of benzene rings is 1. The molecule has 0 aliphatic heterocycles. The van der Waals surface area contributed by atoms with Crippen LogP contribution in [0.3, 0.4) is 0 Å². The van der Waals surface area contributed by atoms with Crippen molar-refractivity contribution in [1.82, 2.24) is 24.3 Å². The van der Waals surface area contributed by atoms with E-state index in [1.54, 1.807) is 6.08 Å². The van der Waals surface area contributed by atoms with E-state index in [0.717, 1.165) is 33.8 Å². The molecule has 0 aliphatic carbocycles. The van der Waals surface area contributed by atoms with Gasteiger partial charge in [0.25, 0.3) is 5.56 Å². The van der Waals surface area contributed by atoms with Gasteiger partial charge in [-0.25, -0.2) is 9.67 Å². The summed E-state index contributed by atoms with van der Waals surface area (Å²) in [5, 5.41) is 4.44. The van der Waals surface area contributed by atoms with Gasteiger partial charge in [-0.05, 0) is 57.5 Å². The molecule has 6 nitrogen and oxygen atoms in total. The highest BCUT2D eigenvalue weighted by atomic mass is 16.1. The van der Waals surface area contributed by atoms with Crippen molar-refractivity contribution in [1.29, 1.82) is 0 Å². The minimum atomic E-state index is -0.193. The SMILES string of the molecule is Cc1cc(/C=C/c2nc3ccccc3[nH]c2=O)c(C)n1-c1ccnn1C(C)C. The van der Waals surface area contributed by atoms with Crippen molar-refractivity contribution in [2.75, 3.05) is 0 Å². The van der Waals surface area contributed by atoms with Crippen LogP contribution in [0.15, 0.2) is 47.4 Å². The molecule has 0 radical (unpaired) electrons. The highest BCUT2D eigenvalue weighted by Gasteiger charge is 2.14.